The third kappa shape index (κ3) is 4.43. The van der Waals surface area contributed by atoms with Crippen LogP contribution in [0, 0.1) is 0 Å². The topological polar surface area (TPSA) is 43.4 Å². The second-order valence-electron chi connectivity index (χ2n) is 4.40. The Bertz CT molecular complexity index is 730. The van der Waals surface area contributed by atoms with Crippen molar-refractivity contribution in [2.24, 2.45) is 0 Å². The van der Waals surface area contributed by atoms with E-state index in [-0.39, 0.29) is 5.78 Å². The van der Waals surface area contributed by atoms with E-state index in [1.165, 1.54) is 6.08 Å². The van der Waals surface area contributed by atoms with Gasteiger partial charge in [0.1, 0.15) is 5.75 Å². The second-order valence-corrected chi connectivity index (χ2v) is 4.84. The Morgan fingerprint density at radius 3 is 2.45 bits per heavy atom. The molecule has 0 aliphatic carbocycles. The molecule has 0 atom stereocenters. The number of carbonyl (C=O) groups excluding carboxylic acids is 2. The molecule has 0 fully saturated rings. The van der Waals surface area contributed by atoms with Gasteiger partial charge in [0.25, 0.3) is 0 Å². The van der Waals surface area contributed by atoms with Crippen LogP contribution in [0.1, 0.15) is 15.9 Å². The fourth-order valence-corrected chi connectivity index (χ4v) is 1.92. The van der Waals surface area contributed by atoms with E-state index in [2.05, 4.69) is 6.58 Å². The number of halogens is 1. The first-order valence-corrected chi connectivity index (χ1v) is 6.88. The minimum atomic E-state index is -0.542. The lowest BCUT2D eigenvalue weighted by Crippen LogP contribution is -2.03. The first kappa shape index (κ1) is 15.7. The number of ether oxygens (including phenoxy) is 1. The summed E-state index contributed by atoms with van der Waals surface area (Å²) in [7, 11) is 0. The minimum absolute atomic E-state index is 0.151. The molecular weight excluding hydrogens is 300 g/mol. The van der Waals surface area contributed by atoms with Crippen molar-refractivity contribution in [2.75, 3.05) is 0 Å². The molecule has 3 nitrogen and oxygen atoms in total. The molecule has 0 saturated carbocycles. The number of hydrogen-bond donors (Lipinski definition) is 0. The Labute approximate surface area is 133 Å². The van der Waals surface area contributed by atoms with Crippen molar-refractivity contribution in [2.45, 2.75) is 0 Å². The highest BCUT2D eigenvalue weighted by molar-refractivity contribution is 6.30. The van der Waals surface area contributed by atoms with Gasteiger partial charge in [0.05, 0.1) is 0 Å². The molecule has 0 spiro atoms. The van der Waals surface area contributed by atoms with Crippen LogP contribution in [0.2, 0.25) is 5.02 Å². The first-order chi connectivity index (χ1) is 10.6. The van der Waals surface area contributed by atoms with Crippen LogP contribution < -0.4 is 4.74 Å². The molecule has 0 bridgehead atoms. The van der Waals surface area contributed by atoms with Gasteiger partial charge >= 0.3 is 5.97 Å². The SMILES string of the molecule is C=CC(=O)Oc1ccc(C(=O)/C=C/c2cccc(Cl)c2)cc1. The summed E-state index contributed by atoms with van der Waals surface area (Å²) in [5.74, 6) is -0.332. The number of allylic oxidation sites excluding steroid dienone is 1. The molecule has 2 aromatic carbocycles. The van der Waals surface area contributed by atoms with Gasteiger partial charge in [0.2, 0.25) is 0 Å². The Morgan fingerprint density at radius 2 is 1.82 bits per heavy atom. The Balaban J connectivity index is 2.06. The van der Waals surface area contributed by atoms with E-state index in [9.17, 15) is 9.59 Å². The molecule has 0 saturated heterocycles. The van der Waals surface area contributed by atoms with Crippen LogP contribution >= 0.6 is 11.6 Å². The van der Waals surface area contributed by atoms with Gasteiger partial charge in [-0.25, -0.2) is 4.79 Å². The maximum atomic E-state index is 12.0. The molecule has 0 aromatic heterocycles. The summed E-state index contributed by atoms with van der Waals surface area (Å²) in [5, 5.41) is 0.614. The first-order valence-electron chi connectivity index (χ1n) is 6.51. The normalized spacial score (nSPS) is 10.4. The molecule has 0 unspecified atom stereocenters. The second kappa shape index (κ2) is 7.38. The molecule has 4 heteroatoms. The molecule has 0 radical (unpaired) electrons. The predicted molar refractivity (Wildman–Crippen MR) is 87.1 cm³/mol. The average Bonchev–Trinajstić information content (AvgIpc) is 2.53. The van der Waals surface area contributed by atoms with E-state index in [0.717, 1.165) is 11.6 Å². The van der Waals surface area contributed by atoms with E-state index < -0.39 is 5.97 Å². The van der Waals surface area contributed by atoms with Crippen LogP contribution in [0.5, 0.6) is 5.75 Å². The van der Waals surface area contributed by atoms with Gasteiger partial charge in [-0.05, 0) is 48.0 Å². The van der Waals surface area contributed by atoms with Crippen molar-refractivity contribution in [1.82, 2.24) is 0 Å². The van der Waals surface area contributed by atoms with E-state index in [4.69, 9.17) is 16.3 Å². The summed E-state index contributed by atoms with van der Waals surface area (Å²) in [6.45, 7) is 3.31. The largest absolute Gasteiger partial charge is 0.423 e. The monoisotopic (exact) mass is 312 g/mol. The van der Waals surface area contributed by atoms with Crippen molar-refractivity contribution < 1.29 is 14.3 Å². The highest BCUT2D eigenvalue weighted by Gasteiger charge is 2.04. The van der Waals surface area contributed by atoms with E-state index >= 15 is 0 Å². The quantitative estimate of drug-likeness (QED) is 0.357. The number of carbonyl (C=O) groups is 2. The maximum absolute atomic E-state index is 12.0. The van der Waals surface area contributed by atoms with Crippen LogP contribution in [-0.4, -0.2) is 11.8 Å². The van der Waals surface area contributed by atoms with Gasteiger partial charge in [-0.15, -0.1) is 0 Å². The van der Waals surface area contributed by atoms with Crippen LogP contribution in [0.15, 0.2) is 67.3 Å². The van der Waals surface area contributed by atoms with Crippen molar-refractivity contribution >= 4 is 29.4 Å². The zero-order valence-electron chi connectivity index (χ0n) is 11.7. The summed E-state index contributed by atoms with van der Waals surface area (Å²) >= 11 is 5.88. The molecule has 110 valence electrons. The molecule has 0 aliphatic rings. The number of hydrogen-bond acceptors (Lipinski definition) is 3. The van der Waals surface area contributed by atoms with Crippen LogP contribution in [-0.2, 0) is 4.79 Å². The van der Waals surface area contributed by atoms with Gasteiger partial charge in [-0.3, -0.25) is 4.79 Å². The summed E-state index contributed by atoms with van der Waals surface area (Å²) in [5.41, 5.74) is 1.34. The molecule has 2 aromatic rings. The van der Waals surface area contributed by atoms with E-state index in [1.54, 1.807) is 42.5 Å². The Kier molecular flexibility index (Phi) is 5.28. The zero-order valence-corrected chi connectivity index (χ0v) is 12.4. The smallest absolute Gasteiger partial charge is 0.335 e. The van der Waals surface area contributed by atoms with Crippen LogP contribution in [0.25, 0.3) is 6.08 Å². The summed E-state index contributed by atoms with van der Waals surface area (Å²) < 4.78 is 4.94. The number of esters is 1. The lowest BCUT2D eigenvalue weighted by atomic mass is 10.1. The van der Waals surface area contributed by atoms with Crippen molar-refractivity contribution in [3.8, 4) is 5.75 Å². The zero-order chi connectivity index (χ0) is 15.9. The molecule has 22 heavy (non-hydrogen) atoms. The number of benzene rings is 2. The fourth-order valence-electron chi connectivity index (χ4n) is 1.72. The minimum Gasteiger partial charge on any atom is -0.423 e. The summed E-state index contributed by atoms with van der Waals surface area (Å²) in [4.78, 5) is 23.1. The maximum Gasteiger partial charge on any atom is 0.335 e. The lowest BCUT2D eigenvalue weighted by Gasteiger charge is -2.02. The molecular formula is C18H13ClO3. The highest BCUT2D eigenvalue weighted by atomic mass is 35.5. The molecule has 2 rings (SSSR count). The van der Waals surface area contributed by atoms with Gasteiger partial charge in [-0.1, -0.05) is 36.4 Å². The third-order valence-electron chi connectivity index (χ3n) is 2.80. The van der Waals surface area contributed by atoms with E-state index in [1.807, 2.05) is 12.1 Å². The van der Waals surface area contributed by atoms with Gasteiger partial charge in [0.15, 0.2) is 5.78 Å². The van der Waals surface area contributed by atoms with Gasteiger partial charge in [-0.2, -0.15) is 0 Å². The number of ketones is 1. The van der Waals surface area contributed by atoms with Crippen molar-refractivity contribution in [3.63, 3.8) is 0 Å². The average molecular weight is 313 g/mol. The fraction of sp³-hybridized carbons (Fsp3) is 0. The lowest BCUT2D eigenvalue weighted by molar-refractivity contribution is -0.128. The van der Waals surface area contributed by atoms with E-state index in [0.29, 0.717) is 16.3 Å². The number of rotatable bonds is 5. The molecule has 0 heterocycles. The van der Waals surface area contributed by atoms with Crippen molar-refractivity contribution in [3.05, 3.63) is 83.4 Å². The molecule has 0 amide bonds. The molecule has 0 N–H and O–H groups in total. The van der Waals surface area contributed by atoms with Crippen molar-refractivity contribution in [1.29, 1.82) is 0 Å². The summed E-state index contributed by atoms with van der Waals surface area (Å²) in [6, 6.07) is 13.5. The van der Waals surface area contributed by atoms with Gasteiger partial charge < -0.3 is 4.74 Å². The predicted octanol–water partition coefficient (Wildman–Crippen LogP) is 4.33. The van der Waals surface area contributed by atoms with Crippen LogP contribution in [0.3, 0.4) is 0 Å². The third-order valence-corrected chi connectivity index (χ3v) is 3.03. The summed E-state index contributed by atoms with van der Waals surface area (Å²) in [6.07, 6.45) is 4.24. The Hall–Kier alpha value is -2.65. The highest BCUT2D eigenvalue weighted by Crippen LogP contribution is 2.15. The van der Waals surface area contributed by atoms with Gasteiger partial charge in [0, 0.05) is 16.7 Å². The Morgan fingerprint density at radius 1 is 1.09 bits per heavy atom. The van der Waals surface area contributed by atoms with Crippen LogP contribution in [0.4, 0.5) is 0 Å². The standard InChI is InChI=1S/C18H13ClO3/c1-2-18(21)22-16-9-7-14(8-10-16)17(20)11-6-13-4-3-5-15(19)12-13/h2-12H,1H2/b11-6+. The molecule has 0 aliphatic heterocycles.